The molecule has 0 radical (unpaired) electrons. The molecule has 3 N–H and O–H groups in total. The third kappa shape index (κ3) is 4.92. The van der Waals surface area contributed by atoms with Gasteiger partial charge in [0.25, 0.3) is 5.91 Å². The number of nitrogens with one attached hydrogen (secondary N) is 1. The highest BCUT2D eigenvalue weighted by Crippen LogP contribution is 2.26. The Morgan fingerprint density at radius 1 is 0.970 bits per heavy atom. The van der Waals surface area contributed by atoms with E-state index >= 15 is 0 Å². The highest BCUT2D eigenvalue weighted by Gasteiger charge is 2.38. The highest BCUT2D eigenvalue weighted by atomic mass is 16.2. The van der Waals surface area contributed by atoms with Gasteiger partial charge in [-0.25, -0.2) is 0 Å². The van der Waals surface area contributed by atoms with Gasteiger partial charge in [0.15, 0.2) is 0 Å². The molecular formula is C26H25N3O4. The number of carbonyl (C=O) groups excluding carboxylic acids is 4. The van der Waals surface area contributed by atoms with Crippen LogP contribution in [0.1, 0.15) is 24.0 Å². The number of fused-ring (bicyclic) bond motifs is 1. The maximum absolute atomic E-state index is 13.2. The van der Waals surface area contributed by atoms with Crippen LogP contribution in [0.15, 0.2) is 72.8 Å². The number of benzene rings is 3. The Hall–Kier alpha value is -4.00. The Morgan fingerprint density at radius 3 is 2.42 bits per heavy atom. The van der Waals surface area contributed by atoms with E-state index in [2.05, 4.69) is 5.32 Å². The fourth-order valence-corrected chi connectivity index (χ4v) is 4.32. The van der Waals surface area contributed by atoms with E-state index in [0.717, 1.165) is 21.9 Å². The number of primary amides is 1. The quantitative estimate of drug-likeness (QED) is 0.520. The molecule has 0 spiro atoms. The van der Waals surface area contributed by atoms with Crippen LogP contribution in [0.2, 0.25) is 0 Å². The van der Waals surface area contributed by atoms with Gasteiger partial charge in [-0.1, -0.05) is 72.8 Å². The Morgan fingerprint density at radius 2 is 1.67 bits per heavy atom. The van der Waals surface area contributed by atoms with Crippen LogP contribution in [0, 0.1) is 0 Å². The number of amides is 3. The molecule has 1 unspecified atom stereocenters. The lowest BCUT2D eigenvalue weighted by molar-refractivity contribution is -0.140. The second-order valence-corrected chi connectivity index (χ2v) is 8.19. The molecule has 2 atom stereocenters. The lowest BCUT2D eigenvalue weighted by Crippen LogP contribution is -2.53. The second kappa shape index (κ2) is 9.65. The average Bonchev–Trinajstić information content (AvgIpc) is 3.19. The fraction of sp³-hybridized carbons (Fsp3) is 0.231. The first kappa shape index (κ1) is 22.2. The van der Waals surface area contributed by atoms with Crippen molar-refractivity contribution in [1.29, 1.82) is 0 Å². The first-order valence-electron chi connectivity index (χ1n) is 10.9. The van der Waals surface area contributed by atoms with Gasteiger partial charge in [-0.15, -0.1) is 0 Å². The summed E-state index contributed by atoms with van der Waals surface area (Å²) < 4.78 is 0. The first-order valence-corrected chi connectivity index (χ1v) is 10.9. The standard InChI is InChI=1S/C26H25N3O4/c27-25(32)24(31)21(15-17-7-2-1-3-8-17)28-26(33)22-13-14-23(30)29(22)16-19-11-6-10-18-9-4-5-12-20(18)19/h1-12,21-22H,13-16H2,(H2,27,32)(H,28,33)/t21-,22?/m1/s1. The molecule has 1 heterocycles. The van der Waals surface area contributed by atoms with Crippen LogP contribution in [0.5, 0.6) is 0 Å². The molecule has 1 saturated heterocycles. The molecule has 33 heavy (non-hydrogen) atoms. The molecule has 168 valence electrons. The number of carbonyl (C=O) groups is 4. The zero-order valence-corrected chi connectivity index (χ0v) is 18.1. The molecule has 7 nitrogen and oxygen atoms in total. The minimum Gasteiger partial charge on any atom is -0.363 e. The van der Waals surface area contributed by atoms with Crippen LogP contribution in [-0.2, 0) is 32.1 Å². The Bertz CT molecular complexity index is 1200. The zero-order chi connectivity index (χ0) is 23.4. The SMILES string of the molecule is NC(=O)C(=O)[C@@H](Cc1ccccc1)NC(=O)C1CCC(=O)N1Cc1cccc2ccccc12. The van der Waals surface area contributed by atoms with Crippen molar-refractivity contribution in [1.82, 2.24) is 10.2 Å². The minimum absolute atomic E-state index is 0.121. The van der Waals surface area contributed by atoms with Crippen molar-refractivity contribution in [2.45, 2.75) is 37.9 Å². The van der Waals surface area contributed by atoms with Crippen molar-refractivity contribution < 1.29 is 19.2 Å². The van der Waals surface area contributed by atoms with Crippen molar-refractivity contribution in [2.24, 2.45) is 5.73 Å². The average molecular weight is 444 g/mol. The number of nitrogens with zero attached hydrogens (tertiary/aromatic N) is 1. The molecule has 3 aromatic rings. The smallest absolute Gasteiger partial charge is 0.287 e. The number of ketones is 1. The Balaban J connectivity index is 1.54. The molecule has 1 aliphatic rings. The largest absolute Gasteiger partial charge is 0.363 e. The summed E-state index contributed by atoms with van der Waals surface area (Å²) in [5.74, 6) is -2.55. The van der Waals surface area contributed by atoms with Crippen molar-refractivity contribution in [3.63, 3.8) is 0 Å². The Labute approximate surface area is 191 Å². The van der Waals surface area contributed by atoms with E-state index in [9.17, 15) is 19.2 Å². The van der Waals surface area contributed by atoms with Crippen LogP contribution >= 0.6 is 0 Å². The van der Waals surface area contributed by atoms with Crippen molar-refractivity contribution in [3.8, 4) is 0 Å². The number of hydrogen-bond acceptors (Lipinski definition) is 4. The van der Waals surface area contributed by atoms with E-state index in [4.69, 9.17) is 5.73 Å². The zero-order valence-electron chi connectivity index (χ0n) is 18.1. The Kier molecular flexibility index (Phi) is 6.49. The van der Waals surface area contributed by atoms with E-state index in [0.29, 0.717) is 6.42 Å². The van der Waals surface area contributed by atoms with Gasteiger partial charge >= 0.3 is 0 Å². The van der Waals surface area contributed by atoms with E-state index in [1.54, 1.807) is 17.0 Å². The van der Waals surface area contributed by atoms with Crippen LogP contribution in [0.4, 0.5) is 0 Å². The van der Waals surface area contributed by atoms with E-state index < -0.39 is 29.7 Å². The summed E-state index contributed by atoms with van der Waals surface area (Å²) in [5.41, 5.74) is 6.94. The molecule has 1 fully saturated rings. The number of hydrogen-bond donors (Lipinski definition) is 2. The van der Waals surface area contributed by atoms with E-state index in [1.165, 1.54) is 0 Å². The predicted octanol–water partition coefficient (Wildman–Crippen LogP) is 2.11. The molecule has 0 bridgehead atoms. The summed E-state index contributed by atoms with van der Waals surface area (Å²) in [5, 5.41) is 4.75. The molecule has 0 aromatic heterocycles. The lowest BCUT2D eigenvalue weighted by Gasteiger charge is -2.26. The van der Waals surface area contributed by atoms with Gasteiger partial charge in [0.2, 0.25) is 17.6 Å². The van der Waals surface area contributed by atoms with Crippen molar-refractivity contribution in [2.75, 3.05) is 0 Å². The number of likely N-dealkylation sites (tertiary alicyclic amines) is 1. The minimum atomic E-state index is -1.11. The summed E-state index contributed by atoms with van der Waals surface area (Å²) in [7, 11) is 0. The maximum atomic E-state index is 13.2. The topological polar surface area (TPSA) is 110 Å². The number of nitrogens with two attached hydrogens (primary N) is 1. The second-order valence-electron chi connectivity index (χ2n) is 8.19. The molecule has 3 aromatic carbocycles. The van der Waals surface area contributed by atoms with Crippen molar-refractivity contribution in [3.05, 3.63) is 83.9 Å². The molecular weight excluding hydrogens is 418 g/mol. The van der Waals surface area contributed by atoms with Crippen LogP contribution in [-0.4, -0.2) is 40.5 Å². The molecule has 0 saturated carbocycles. The monoisotopic (exact) mass is 443 g/mol. The van der Waals surface area contributed by atoms with Crippen molar-refractivity contribution >= 4 is 34.3 Å². The summed E-state index contributed by atoms with van der Waals surface area (Å²) in [6.45, 7) is 0.283. The first-order chi connectivity index (χ1) is 15.9. The fourth-order valence-electron chi connectivity index (χ4n) is 4.32. The number of rotatable bonds is 8. The van der Waals surface area contributed by atoms with Gasteiger partial charge in [0, 0.05) is 19.4 Å². The lowest BCUT2D eigenvalue weighted by atomic mass is 10.0. The van der Waals surface area contributed by atoms with Crippen LogP contribution in [0.3, 0.4) is 0 Å². The normalized spacial score (nSPS) is 16.5. The van der Waals surface area contributed by atoms with Gasteiger partial charge in [0.05, 0.1) is 0 Å². The summed E-state index contributed by atoms with van der Waals surface area (Å²) in [6.07, 6.45) is 0.729. The number of Topliss-reactive ketones (excluding diaryl/α,β-unsaturated/α-hetero) is 1. The third-order valence-corrected chi connectivity index (χ3v) is 6.01. The molecule has 3 amide bonds. The molecule has 4 rings (SSSR count). The van der Waals surface area contributed by atoms with Crippen LogP contribution in [0.25, 0.3) is 10.8 Å². The maximum Gasteiger partial charge on any atom is 0.287 e. The van der Waals surface area contributed by atoms with E-state index in [1.807, 2.05) is 60.7 Å². The van der Waals surface area contributed by atoms with Gasteiger partial charge in [-0.3, -0.25) is 19.2 Å². The van der Waals surface area contributed by atoms with Gasteiger partial charge in [-0.2, -0.15) is 0 Å². The molecule has 7 heteroatoms. The highest BCUT2D eigenvalue weighted by molar-refractivity contribution is 6.38. The van der Waals surface area contributed by atoms with E-state index in [-0.39, 0.29) is 25.3 Å². The predicted molar refractivity (Wildman–Crippen MR) is 124 cm³/mol. The summed E-state index contributed by atoms with van der Waals surface area (Å²) in [4.78, 5) is 51.4. The molecule has 0 aliphatic carbocycles. The molecule has 1 aliphatic heterocycles. The summed E-state index contributed by atoms with van der Waals surface area (Å²) in [6, 6.07) is 21.0. The third-order valence-electron chi connectivity index (χ3n) is 6.01. The van der Waals surface area contributed by atoms with Crippen LogP contribution < -0.4 is 11.1 Å². The van der Waals surface area contributed by atoms with Gasteiger partial charge < -0.3 is 16.0 Å². The van der Waals surface area contributed by atoms with Gasteiger partial charge in [-0.05, 0) is 28.3 Å². The van der Waals surface area contributed by atoms with Gasteiger partial charge in [0.1, 0.15) is 12.1 Å². The summed E-state index contributed by atoms with van der Waals surface area (Å²) >= 11 is 0.